The van der Waals surface area contributed by atoms with Crippen molar-refractivity contribution >= 4 is 17.8 Å². The molecule has 3 heterocycles. The molecule has 2 aliphatic rings. The van der Waals surface area contributed by atoms with Gasteiger partial charge in [-0.2, -0.15) is 5.10 Å². The maximum Gasteiger partial charge on any atom is 0.197 e. The van der Waals surface area contributed by atoms with Gasteiger partial charge < -0.3 is 14.4 Å². The minimum Gasteiger partial charge on any atom is -0.487 e. The van der Waals surface area contributed by atoms with E-state index in [4.69, 9.17) is 4.74 Å². The van der Waals surface area contributed by atoms with E-state index in [-0.39, 0.29) is 17.5 Å². The normalized spacial score (nSPS) is 26.2. The number of hydrogen-bond acceptors (Lipinski definition) is 6. The third-order valence-electron chi connectivity index (χ3n) is 3.22. The van der Waals surface area contributed by atoms with Gasteiger partial charge in [0.15, 0.2) is 17.2 Å². The Morgan fingerprint density at radius 3 is 3.18 bits per heavy atom. The zero-order chi connectivity index (χ0) is 12.0. The lowest BCUT2D eigenvalue weighted by molar-refractivity contribution is -0.109. The van der Waals surface area contributed by atoms with E-state index in [1.54, 1.807) is 0 Å². The van der Waals surface area contributed by atoms with Crippen LogP contribution in [0.1, 0.15) is 17.4 Å². The van der Waals surface area contributed by atoms with Crippen molar-refractivity contribution in [3.8, 4) is 5.75 Å². The number of carbonyl (C=O) groups excluding carboxylic acids is 2. The maximum atomic E-state index is 12.0. The molecule has 0 bridgehead atoms. The van der Waals surface area contributed by atoms with Gasteiger partial charge in [0.1, 0.15) is 18.6 Å². The molecule has 0 radical (unpaired) electrons. The van der Waals surface area contributed by atoms with Crippen molar-refractivity contribution in [2.24, 2.45) is 5.92 Å². The Hall–Kier alpha value is -1.98. The van der Waals surface area contributed by atoms with Crippen LogP contribution >= 0.6 is 0 Å². The summed E-state index contributed by atoms with van der Waals surface area (Å²) in [6.45, 7) is 2.92. The fourth-order valence-corrected chi connectivity index (χ4v) is 2.28. The molecule has 6 nitrogen and oxygen atoms in total. The highest BCUT2D eigenvalue weighted by Gasteiger charge is 2.39. The maximum absolute atomic E-state index is 12.0. The number of Topliss-reactive ketones (excluding diaryl/α,β-unsaturated/α-hetero) is 1. The second kappa shape index (κ2) is 3.51. The second-order valence-electron chi connectivity index (χ2n) is 4.33. The van der Waals surface area contributed by atoms with Gasteiger partial charge in [-0.3, -0.25) is 4.79 Å². The van der Waals surface area contributed by atoms with Crippen LogP contribution < -0.4 is 9.64 Å². The number of ketones is 1. The van der Waals surface area contributed by atoms with Crippen LogP contribution in [0.3, 0.4) is 0 Å². The molecular weight excluding hydrogens is 222 g/mol. The number of ether oxygens (including phenoxy) is 1. The molecule has 3 rings (SSSR count). The summed E-state index contributed by atoms with van der Waals surface area (Å²) in [6, 6.07) is 0.126. The Labute approximate surface area is 97.6 Å². The van der Waals surface area contributed by atoms with Crippen LogP contribution in [0.4, 0.5) is 5.69 Å². The summed E-state index contributed by atoms with van der Waals surface area (Å²) >= 11 is 0. The van der Waals surface area contributed by atoms with Crippen LogP contribution in [-0.2, 0) is 4.79 Å². The minimum atomic E-state index is -0.646. The molecule has 0 amide bonds. The molecule has 2 unspecified atom stereocenters. The van der Waals surface area contributed by atoms with E-state index in [0.717, 1.165) is 0 Å². The Bertz CT molecular complexity index is 503. The lowest BCUT2D eigenvalue weighted by Crippen LogP contribution is -2.49. The van der Waals surface area contributed by atoms with Crippen molar-refractivity contribution in [2.75, 3.05) is 18.1 Å². The first-order valence-corrected chi connectivity index (χ1v) is 5.47. The SMILES string of the molecule is CC1COc2cnnc3c2N1CC(C=O)C3=O. The molecule has 1 aromatic heterocycles. The molecule has 6 heteroatoms. The smallest absolute Gasteiger partial charge is 0.197 e. The quantitative estimate of drug-likeness (QED) is 0.505. The highest BCUT2D eigenvalue weighted by atomic mass is 16.5. The summed E-state index contributed by atoms with van der Waals surface area (Å²) in [5, 5.41) is 7.59. The van der Waals surface area contributed by atoms with Crippen LogP contribution in [0.15, 0.2) is 6.20 Å². The monoisotopic (exact) mass is 233 g/mol. The van der Waals surface area contributed by atoms with Gasteiger partial charge in [-0.15, -0.1) is 5.10 Å². The third kappa shape index (κ3) is 1.33. The summed E-state index contributed by atoms with van der Waals surface area (Å²) in [5.74, 6) is -0.336. The van der Waals surface area contributed by atoms with E-state index < -0.39 is 5.92 Å². The van der Waals surface area contributed by atoms with E-state index in [1.807, 2.05) is 11.8 Å². The van der Waals surface area contributed by atoms with Gasteiger partial charge in [-0.1, -0.05) is 0 Å². The molecule has 0 aliphatic carbocycles. The molecule has 0 aromatic carbocycles. The molecule has 2 aliphatic heterocycles. The highest BCUT2D eigenvalue weighted by molar-refractivity contribution is 6.10. The zero-order valence-corrected chi connectivity index (χ0v) is 9.29. The van der Waals surface area contributed by atoms with Crippen molar-refractivity contribution < 1.29 is 14.3 Å². The third-order valence-corrected chi connectivity index (χ3v) is 3.22. The molecule has 0 N–H and O–H groups in total. The van der Waals surface area contributed by atoms with Crippen molar-refractivity contribution in [1.82, 2.24) is 10.2 Å². The largest absolute Gasteiger partial charge is 0.487 e. The Morgan fingerprint density at radius 2 is 2.41 bits per heavy atom. The minimum absolute atomic E-state index is 0.126. The van der Waals surface area contributed by atoms with Gasteiger partial charge in [0.05, 0.1) is 18.2 Å². The van der Waals surface area contributed by atoms with E-state index in [2.05, 4.69) is 10.2 Å². The van der Waals surface area contributed by atoms with Crippen LogP contribution in [-0.4, -0.2) is 41.5 Å². The number of aldehydes is 1. The molecule has 2 atom stereocenters. The average Bonchev–Trinajstić information content (AvgIpc) is 2.36. The topological polar surface area (TPSA) is 72.4 Å². The van der Waals surface area contributed by atoms with E-state index in [9.17, 15) is 9.59 Å². The van der Waals surface area contributed by atoms with Gasteiger partial charge in [0.2, 0.25) is 0 Å². The molecule has 1 aromatic rings. The Balaban J connectivity index is 2.19. The highest BCUT2D eigenvalue weighted by Crippen LogP contribution is 2.39. The first-order valence-electron chi connectivity index (χ1n) is 5.47. The fourth-order valence-electron chi connectivity index (χ4n) is 2.28. The fraction of sp³-hybridized carbons (Fsp3) is 0.455. The van der Waals surface area contributed by atoms with Crippen molar-refractivity contribution in [2.45, 2.75) is 13.0 Å². The first-order chi connectivity index (χ1) is 8.22. The van der Waals surface area contributed by atoms with Crippen LogP contribution in [0.2, 0.25) is 0 Å². The lowest BCUT2D eigenvalue weighted by atomic mass is 9.94. The number of hydrogen-bond donors (Lipinski definition) is 0. The van der Waals surface area contributed by atoms with Crippen molar-refractivity contribution in [3.05, 3.63) is 11.9 Å². The van der Waals surface area contributed by atoms with E-state index in [0.29, 0.717) is 30.9 Å². The van der Waals surface area contributed by atoms with Gasteiger partial charge in [0.25, 0.3) is 0 Å². The summed E-state index contributed by atoms with van der Waals surface area (Å²) in [7, 11) is 0. The number of anilines is 1. The molecule has 0 spiro atoms. The molecule has 0 fully saturated rings. The molecule has 0 saturated carbocycles. The van der Waals surface area contributed by atoms with E-state index in [1.165, 1.54) is 6.20 Å². The predicted octanol–water partition coefficient (Wildman–Crippen LogP) is 0.0753. The number of aromatic nitrogens is 2. The second-order valence-corrected chi connectivity index (χ2v) is 4.33. The van der Waals surface area contributed by atoms with Crippen LogP contribution in [0.25, 0.3) is 0 Å². The van der Waals surface area contributed by atoms with Crippen molar-refractivity contribution in [3.63, 3.8) is 0 Å². The van der Waals surface area contributed by atoms with Crippen LogP contribution in [0, 0.1) is 5.92 Å². The molecule has 88 valence electrons. The van der Waals surface area contributed by atoms with Crippen molar-refractivity contribution in [1.29, 1.82) is 0 Å². The van der Waals surface area contributed by atoms with Gasteiger partial charge in [-0.05, 0) is 6.92 Å². The predicted molar refractivity (Wildman–Crippen MR) is 58.2 cm³/mol. The molecule has 0 saturated heterocycles. The number of nitrogens with zero attached hydrogens (tertiary/aromatic N) is 3. The van der Waals surface area contributed by atoms with Crippen LogP contribution in [0.5, 0.6) is 5.75 Å². The Kier molecular flexibility index (Phi) is 2.10. The number of rotatable bonds is 1. The van der Waals surface area contributed by atoms with Gasteiger partial charge >= 0.3 is 0 Å². The Morgan fingerprint density at radius 1 is 1.59 bits per heavy atom. The summed E-state index contributed by atoms with van der Waals surface area (Å²) in [4.78, 5) is 24.9. The summed E-state index contributed by atoms with van der Waals surface area (Å²) in [6.07, 6.45) is 2.19. The number of carbonyl (C=O) groups is 2. The van der Waals surface area contributed by atoms with E-state index >= 15 is 0 Å². The molecular formula is C11H11N3O3. The zero-order valence-electron chi connectivity index (χ0n) is 9.29. The average molecular weight is 233 g/mol. The first kappa shape index (κ1) is 10.2. The van der Waals surface area contributed by atoms with Gasteiger partial charge in [-0.25, -0.2) is 0 Å². The lowest BCUT2D eigenvalue weighted by Gasteiger charge is -2.40. The standard InChI is InChI=1S/C11H11N3O3/c1-6-5-17-8-2-12-13-9-10(8)14(6)3-7(4-15)11(9)16/h2,4,6-7H,3,5H2,1H3. The molecule has 17 heavy (non-hydrogen) atoms. The summed E-state index contributed by atoms with van der Waals surface area (Å²) < 4.78 is 5.51. The van der Waals surface area contributed by atoms with Gasteiger partial charge in [0, 0.05) is 6.54 Å². The summed E-state index contributed by atoms with van der Waals surface area (Å²) in [5.41, 5.74) is 0.930.